The molecule has 1 saturated heterocycles. The molecule has 0 unspecified atom stereocenters. The number of hydrogen-bond donors (Lipinski definition) is 1. The molecule has 0 bridgehead atoms. The quantitative estimate of drug-likeness (QED) is 0.517. The Bertz CT molecular complexity index is 639. The van der Waals surface area contributed by atoms with E-state index >= 15 is 0 Å². The topological polar surface area (TPSA) is 69.7 Å². The summed E-state index contributed by atoms with van der Waals surface area (Å²) in [4.78, 5) is 29.4. The number of nitrogens with zero attached hydrogens (tertiary/aromatic N) is 2. The smallest absolute Gasteiger partial charge is 0.226 e. The number of nitrogens with one attached hydrogen (secondary N) is 1. The summed E-state index contributed by atoms with van der Waals surface area (Å²) in [5.74, 6) is 0.766. The standard InChI is InChI=1S/C21H36N3O3P/c1-4-16-8-9-17(16)20(25)22-10-11-23-12-14-24(15-13-23)21(26)18-6-5-7-19(18)28(2,3)27/h4,16-19H,1,5-15H2,2-3H3,(H,22,25)/t16-,17-,18-,19-/m1/s1. The molecule has 0 aromatic carbocycles. The predicted molar refractivity (Wildman–Crippen MR) is 113 cm³/mol. The van der Waals surface area contributed by atoms with Crippen LogP contribution in [0.4, 0.5) is 0 Å². The maximum Gasteiger partial charge on any atom is 0.226 e. The van der Waals surface area contributed by atoms with Gasteiger partial charge in [0.1, 0.15) is 0 Å². The van der Waals surface area contributed by atoms with Crippen LogP contribution >= 0.6 is 7.14 Å². The van der Waals surface area contributed by atoms with Crippen molar-refractivity contribution in [3.8, 4) is 0 Å². The van der Waals surface area contributed by atoms with E-state index in [0.717, 1.165) is 64.8 Å². The lowest BCUT2D eigenvalue weighted by Gasteiger charge is -2.37. The van der Waals surface area contributed by atoms with Crippen molar-refractivity contribution in [2.24, 2.45) is 17.8 Å². The van der Waals surface area contributed by atoms with Gasteiger partial charge in [-0.15, -0.1) is 6.58 Å². The molecular weight excluding hydrogens is 373 g/mol. The highest BCUT2D eigenvalue weighted by molar-refractivity contribution is 7.63. The molecule has 2 aliphatic carbocycles. The van der Waals surface area contributed by atoms with Crippen molar-refractivity contribution in [2.45, 2.75) is 37.8 Å². The van der Waals surface area contributed by atoms with Gasteiger partial charge in [0.25, 0.3) is 0 Å². The normalized spacial score (nSPS) is 31.3. The first kappa shape index (κ1) is 21.6. The first-order valence-corrected chi connectivity index (χ1v) is 13.4. The van der Waals surface area contributed by atoms with Gasteiger partial charge < -0.3 is 14.8 Å². The number of rotatable bonds is 7. The highest BCUT2D eigenvalue weighted by atomic mass is 31.2. The number of carbonyl (C=O) groups is 2. The number of piperazine rings is 1. The Morgan fingerprint density at radius 1 is 1.07 bits per heavy atom. The zero-order chi connectivity index (χ0) is 20.3. The SMILES string of the molecule is C=C[C@@H]1CC[C@H]1C(=O)NCCN1CCN(C(=O)[C@@H]2CCC[C@H]2P(C)(C)=O)CC1. The van der Waals surface area contributed by atoms with E-state index in [9.17, 15) is 14.2 Å². The first-order chi connectivity index (χ1) is 13.3. The molecule has 0 radical (unpaired) electrons. The zero-order valence-electron chi connectivity index (χ0n) is 17.4. The molecule has 1 aliphatic heterocycles. The van der Waals surface area contributed by atoms with Gasteiger partial charge in [-0.2, -0.15) is 0 Å². The molecule has 158 valence electrons. The molecule has 0 aromatic rings. The van der Waals surface area contributed by atoms with E-state index in [0.29, 0.717) is 12.5 Å². The van der Waals surface area contributed by atoms with Crippen LogP contribution in [-0.4, -0.2) is 79.9 Å². The van der Waals surface area contributed by atoms with E-state index in [1.165, 1.54) is 0 Å². The summed E-state index contributed by atoms with van der Waals surface area (Å²) in [6, 6.07) is 0. The molecule has 1 N–H and O–H groups in total. The maximum absolute atomic E-state index is 13.0. The lowest BCUT2D eigenvalue weighted by atomic mass is 9.73. The van der Waals surface area contributed by atoms with Crippen molar-refractivity contribution in [3.63, 3.8) is 0 Å². The Morgan fingerprint density at radius 2 is 1.79 bits per heavy atom. The Hall–Kier alpha value is -1.13. The minimum Gasteiger partial charge on any atom is -0.355 e. The van der Waals surface area contributed by atoms with Crippen LogP contribution in [0.15, 0.2) is 12.7 Å². The fourth-order valence-corrected chi connectivity index (χ4v) is 6.95. The molecule has 0 aromatic heterocycles. The van der Waals surface area contributed by atoms with Gasteiger partial charge in [0, 0.05) is 56.8 Å². The van der Waals surface area contributed by atoms with Gasteiger partial charge in [0.15, 0.2) is 0 Å². The second-order valence-electron chi connectivity index (χ2n) is 9.08. The number of carbonyl (C=O) groups excluding carboxylic acids is 2. The van der Waals surface area contributed by atoms with Crippen LogP contribution in [0, 0.1) is 17.8 Å². The van der Waals surface area contributed by atoms with E-state index in [-0.39, 0.29) is 29.3 Å². The second-order valence-corrected chi connectivity index (χ2v) is 12.6. The van der Waals surface area contributed by atoms with Crippen LogP contribution in [0.3, 0.4) is 0 Å². The molecule has 3 fully saturated rings. The second kappa shape index (κ2) is 9.13. The molecule has 3 aliphatic rings. The zero-order valence-corrected chi connectivity index (χ0v) is 18.3. The lowest BCUT2D eigenvalue weighted by molar-refractivity contribution is -0.137. The summed E-state index contributed by atoms with van der Waals surface area (Å²) in [6.45, 7) is 12.1. The van der Waals surface area contributed by atoms with Gasteiger partial charge in [-0.05, 0) is 44.9 Å². The third kappa shape index (κ3) is 4.88. The monoisotopic (exact) mass is 409 g/mol. The van der Waals surface area contributed by atoms with Crippen molar-refractivity contribution in [3.05, 3.63) is 12.7 Å². The van der Waals surface area contributed by atoms with Crippen molar-refractivity contribution in [1.82, 2.24) is 15.1 Å². The van der Waals surface area contributed by atoms with Gasteiger partial charge in [-0.25, -0.2) is 0 Å². The summed E-state index contributed by atoms with van der Waals surface area (Å²) in [5, 5.41) is 3.06. The Labute approximate surface area is 169 Å². The van der Waals surface area contributed by atoms with Crippen LogP contribution in [0.1, 0.15) is 32.1 Å². The highest BCUT2D eigenvalue weighted by Crippen LogP contribution is 2.53. The summed E-state index contributed by atoms with van der Waals surface area (Å²) in [5.41, 5.74) is 0.0686. The van der Waals surface area contributed by atoms with E-state index in [1.807, 2.05) is 24.3 Å². The average molecular weight is 410 g/mol. The fraction of sp³-hybridized carbons (Fsp3) is 0.810. The number of amides is 2. The number of hydrogen-bond acceptors (Lipinski definition) is 4. The summed E-state index contributed by atoms with van der Waals surface area (Å²) >= 11 is 0. The Balaban J connectivity index is 1.38. The molecule has 4 atom stereocenters. The van der Waals surface area contributed by atoms with Crippen molar-refractivity contribution in [1.29, 1.82) is 0 Å². The highest BCUT2D eigenvalue weighted by Gasteiger charge is 2.42. The van der Waals surface area contributed by atoms with Crippen LogP contribution in [0.25, 0.3) is 0 Å². The largest absolute Gasteiger partial charge is 0.355 e. The summed E-state index contributed by atoms with van der Waals surface area (Å²) in [6.07, 6.45) is 6.76. The minimum absolute atomic E-state index is 0.0491. The maximum atomic E-state index is 13.0. The van der Waals surface area contributed by atoms with Crippen molar-refractivity contribution in [2.75, 3.05) is 52.6 Å². The third-order valence-electron chi connectivity index (χ3n) is 6.97. The Morgan fingerprint density at radius 3 is 2.36 bits per heavy atom. The molecule has 6 nitrogen and oxygen atoms in total. The summed E-state index contributed by atoms with van der Waals surface area (Å²) < 4.78 is 12.5. The molecule has 1 heterocycles. The molecule has 0 spiro atoms. The van der Waals surface area contributed by atoms with Gasteiger partial charge >= 0.3 is 0 Å². The lowest BCUT2D eigenvalue weighted by Crippen LogP contribution is -2.52. The fourth-order valence-electron chi connectivity index (χ4n) is 5.00. The van der Waals surface area contributed by atoms with E-state index in [1.54, 1.807) is 0 Å². The van der Waals surface area contributed by atoms with Gasteiger partial charge in [0.2, 0.25) is 11.8 Å². The minimum atomic E-state index is -2.23. The molecule has 2 saturated carbocycles. The first-order valence-electron chi connectivity index (χ1n) is 10.8. The van der Waals surface area contributed by atoms with Gasteiger partial charge in [-0.1, -0.05) is 12.5 Å². The van der Waals surface area contributed by atoms with E-state index in [2.05, 4.69) is 16.8 Å². The Kier molecular flexibility index (Phi) is 7.03. The molecule has 3 rings (SSSR count). The van der Waals surface area contributed by atoms with Gasteiger partial charge in [0.05, 0.1) is 7.14 Å². The number of allylic oxidation sites excluding steroid dienone is 1. The molecule has 28 heavy (non-hydrogen) atoms. The van der Waals surface area contributed by atoms with E-state index < -0.39 is 7.14 Å². The van der Waals surface area contributed by atoms with Crippen molar-refractivity contribution >= 4 is 19.0 Å². The van der Waals surface area contributed by atoms with Gasteiger partial charge in [-0.3, -0.25) is 14.5 Å². The van der Waals surface area contributed by atoms with Crippen molar-refractivity contribution < 1.29 is 14.2 Å². The molecule has 2 amide bonds. The third-order valence-corrected chi connectivity index (χ3v) is 9.19. The predicted octanol–water partition coefficient (Wildman–Crippen LogP) is 2.25. The van der Waals surface area contributed by atoms with Crippen LogP contribution in [0.5, 0.6) is 0 Å². The van der Waals surface area contributed by atoms with Crippen LogP contribution in [0.2, 0.25) is 0 Å². The summed E-state index contributed by atoms with van der Waals surface area (Å²) in [7, 11) is -2.23. The van der Waals surface area contributed by atoms with Crippen LogP contribution < -0.4 is 5.32 Å². The average Bonchev–Trinajstić information content (AvgIpc) is 3.11. The molecule has 7 heteroatoms. The van der Waals surface area contributed by atoms with Crippen LogP contribution in [-0.2, 0) is 14.2 Å². The molecular formula is C21H36N3O3P. The van der Waals surface area contributed by atoms with E-state index in [4.69, 9.17) is 0 Å².